The molecule has 4 fully saturated rings. The van der Waals surface area contributed by atoms with Crippen LogP contribution in [-0.2, 0) is 14.4 Å². The van der Waals surface area contributed by atoms with Crippen molar-refractivity contribution >= 4 is 17.5 Å². The van der Waals surface area contributed by atoms with Gasteiger partial charge in [-0.05, 0) is 91.4 Å². The second kappa shape index (κ2) is 7.33. The van der Waals surface area contributed by atoms with Crippen molar-refractivity contribution in [2.45, 2.75) is 106 Å². The molecule has 0 spiro atoms. The number of ketones is 2. The quantitative estimate of drug-likeness (QED) is 0.422. The Kier molecular flexibility index (Phi) is 5.23. The van der Waals surface area contributed by atoms with Gasteiger partial charge in [-0.2, -0.15) is 0 Å². The molecule has 5 heteroatoms. The zero-order chi connectivity index (χ0) is 26.7. The van der Waals surface area contributed by atoms with E-state index in [0.29, 0.717) is 19.3 Å². The first-order chi connectivity index (χ1) is 16.5. The van der Waals surface area contributed by atoms with Crippen LogP contribution < -0.4 is 0 Å². The molecule has 5 aliphatic rings. The number of aliphatic carboxylic acids is 1. The third kappa shape index (κ3) is 2.91. The summed E-state index contributed by atoms with van der Waals surface area (Å²) in [5, 5.41) is 10.1. The monoisotopic (exact) mass is 493 g/mol. The van der Waals surface area contributed by atoms with E-state index in [1.165, 1.54) is 5.57 Å². The molecule has 0 amide bonds. The average molecular weight is 494 g/mol. The zero-order valence-corrected chi connectivity index (χ0v) is 23.2. The lowest BCUT2D eigenvalue weighted by Crippen LogP contribution is -2.67. The van der Waals surface area contributed by atoms with E-state index >= 15 is 0 Å². The summed E-state index contributed by atoms with van der Waals surface area (Å²) in [5.74, 6) is -0.590. The number of fused-ring (bicyclic) bond motifs is 7. The highest BCUT2D eigenvalue weighted by atomic mass is 16.4. The predicted molar refractivity (Wildman–Crippen MR) is 138 cm³/mol. The maximum atomic E-state index is 14.3. The molecule has 196 valence electrons. The molecule has 5 aliphatic carbocycles. The molecule has 0 radical (unpaired) electrons. The molecule has 5 nitrogen and oxygen atoms in total. The third-order valence-corrected chi connectivity index (χ3v) is 13.0. The lowest BCUT2D eigenvalue weighted by atomic mass is 9.33. The normalized spacial score (nSPS) is 51.6. The van der Waals surface area contributed by atoms with Gasteiger partial charge in [0.25, 0.3) is 6.04 Å². The summed E-state index contributed by atoms with van der Waals surface area (Å²) in [4.78, 5) is 43.6. The summed E-state index contributed by atoms with van der Waals surface area (Å²) >= 11 is 0. The fourth-order valence-corrected chi connectivity index (χ4v) is 10.4. The smallest absolute Gasteiger partial charge is 0.309 e. The van der Waals surface area contributed by atoms with Gasteiger partial charge in [0.1, 0.15) is 0 Å². The van der Waals surface area contributed by atoms with Crippen LogP contribution in [0.3, 0.4) is 0 Å². The molecule has 0 bridgehead atoms. The molecule has 1 unspecified atom stereocenters. The van der Waals surface area contributed by atoms with E-state index < -0.39 is 28.3 Å². The first kappa shape index (κ1) is 25.7. The predicted octanol–water partition coefficient (Wildman–Crippen LogP) is 6.52. The van der Waals surface area contributed by atoms with Gasteiger partial charge in [-0.3, -0.25) is 14.4 Å². The van der Waals surface area contributed by atoms with Gasteiger partial charge in [0.15, 0.2) is 5.78 Å². The average Bonchev–Trinajstić information content (AvgIpc) is 2.78. The number of carbonyl (C=O) groups is 3. The Bertz CT molecular complexity index is 1130. The van der Waals surface area contributed by atoms with Gasteiger partial charge in [0.2, 0.25) is 5.78 Å². The first-order valence-electron chi connectivity index (χ1n) is 13.9. The number of hydrogen-bond acceptors (Lipinski definition) is 3. The van der Waals surface area contributed by atoms with Gasteiger partial charge in [0.05, 0.1) is 5.41 Å². The van der Waals surface area contributed by atoms with Gasteiger partial charge >= 0.3 is 5.97 Å². The summed E-state index contributed by atoms with van der Waals surface area (Å²) in [6, 6.07) is -0.682. The topological polar surface area (TPSA) is 75.8 Å². The van der Waals surface area contributed by atoms with E-state index in [-0.39, 0.29) is 45.6 Å². The second-order valence-corrected chi connectivity index (χ2v) is 15.0. The molecule has 9 atom stereocenters. The van der Waals surface area contributed by atoms with Gasteiger partial charge in [-0.15, -0.1) is 0 Å². The number of rotatable bonds is 1. The van der Waals surface area contributed by atoms with E-state index in [1.807, 2.05) is 26.8 Å². The standard InChI is InChI=1S/C31H43NO4/c1-26(2)22-9-10-31(7)23(29(22,5)17-20(32-8)24(26)34)21(33)15-18-19-16-28(4,25(35)36)12-11-27(19,3)13-14-30(18,31)6/h15,19-20,22-23H,9-14,16-17H2,1-7H3,(H,35,36)/t19-,20?,22-,23+,27+,28-,29-,30+,31+/m0/s1. The van der Waals surface area contributed by atoms with Crippen LogP contribution in [0.5, 0.6) is 0 Å². The summed E-state index contributed by atoms with van der Waals surface area (Å²) in [5.41, 5.74) is -1.04. The van der Waals surface area contributed by atoms with Crippen molar-refractivity contribution in [3.8, 4) is 0 Å². The van der Waals surface area contributed by atoms with E-state index in [1.54, 1.807) is 0 Å². The van der Waals surface area contributed by atoms with Crippen LogP contribution in [0, 0.1) is 56.8 Å². The Balaban J connectivity index is 1.65. The molecule has 0 saturated heterocycles. The van der Waals surface area contributed by atoms with Crippen LogP contribution in [0.4, 0.5) is 0 Å². The Morgan fingerprint density at radius 3 is 2.22 bits per heavy atom. The van der Waals surface area contributed by atoms with Crippen molar-refractivity contribution < 1.29 is 19.5 Å². The van der Waals surface area contributed by atoms with Crippen LogP contribution >= 0.6 is 0 Å². The largest absolute Gasteiger partial charge is 0.481 e. The van der Waals surface area contributed by atoms with E-state index in [4.69, 9.17) is 6.57 Å². The number of Topliss-reactive ketones (excluding diaryl/α,β-unsaturated/α-hetero) is 1. The molecule has 4 saturated carbocycles. The highest BCUT2D eigenvalue weighted by molar-refractivity contribution is 5.97. The fourth-order valence-electron chi connectivity index (χ4n) is 10.4. The summed E-state index contributed by atoms with van der Waals surface area (Å²) in [7, 11) is 0. The molecule has 0 aromatic carbocycles. The molecule has 0 aromatic rings. The van der Waals surface area contributed by atoms with Crippen LogP contribution in [-0.4, -0.2) is 28.7 Å². The summed E-state index contributed by atoms with van der Waals surface area (Å²) in [6.07, 6.45) is 8.39. The van der Waals surface area contributed by atoms with Crippen molar-refractivity contribution in [1.29, 1.82) is 0 Å². The lowest BCUT2D eigenvalue weighted by molar-refractivity contribution is -0.188. The molecule has 36 heavy (non-hydrogen) atoms. The van der Waals surface area contributed by atoms with Gasteiger partial charge < -0.3 is 9.95 Å². The Labute approximate surface area is 216 Å². The van der Waals surface area contributed by atoms with Crippen molar-refractivity contribution in [3.05, 3.63) is 23.1 Å². The molecule has 1 N–H and O–H groups in total. The van der Waals surface area contributed by atoms with E-state index in [2.05, 4.69) is 32.5 Å². The number of carbonyl (C=O) groups excluding carboxylic acids is 2. The molecule has 0 aromatic heterocycles. The number of hydrogen-bond donors (Lipinski definition) is 1. The van der Waals surface area contributed by atoms with Crippen LogP contribution in [0.25, 0.3) is 4.85 Å². The summed E-state index contributed by atoms with van der Waals surface area (Å²) in [6.45, 7) is 22.8. The van der Waals surface area contributed by atoms with Crippen molar-refractivity contribution in [3.63, 3.8) is 0 Å². The third-order valence-electron chi connectivity index (χ3n) is 13.0. The van der Waals surface area contributed by atoms with E-state index in [9.17, 15) is 19.5 Å². The molecule has 0 heterocycles. The number of carboxylic acids is 1. The van der Waals surface area contributed by atoms with Gasteiger partial charge in [-0.25, -0.2) is 6.57 Å². The van der Waals surface area contributed by atoms with Crippen molar-refractivity contribution in [2.24, 2.45) is 50.2 Å². The molecule has 5 rings (SSSR count). The Morgan fingerprint density at radius 2 is 1.61 bits per heavy atom. The van der Waals surface area contributed by atoms with Crippen LogP contribution in [0.2, 0.25) is 0 Å². The number of carboxylic acid groups (broad SMARTS) is 1. The summed E-state index contributed by atoms with van der Waals surface area (Å²) < 4.78 is 0. The maximum absolute atomic E-state index is 14.3. The number of allylic oxidation sites excluding steroid dienone is 2. The number of nitrogens with zero attached hydrogens (tertiary/aromatic N) is 1. The minimum Gasteiger partial charge on any atom is -0.481 e. The zero-order valence-electron chi connectivity index (χ0n) is 23.2. The van der Waals surface area contributed by atoms with E-state index in [0.717, 1.165) is 32.1 Å². The minimum absolute atomic E-state index is 0.0271. The highest BCUT2D eigenvalue weighted by Crippen LogP contribution is 2.75. The highest BCUT2D eigenvalue weighted by Gasteiger charge is 2.72. The van der Waals surface area contributed by atoms with Crippen LogP contribution in [0.1, 0.15) is 99.8 Å². The van der Waals surface area contributed by atoms with Gasteiger partial charge in [0, 0.05) is 17.8 Å². The molecular weight excluding hydrogens is 450 g/mol. The molecular formula is C31H43NO4. The Hall–Kier alpha value is -1.96. The minimum atomic E-state index is -0.760. The Morgan fingerprint density at radius 1 is 0.972 bits per heavy atom. The van der Waals surface area contributed by atoms with Gasteiger partial charge in [-0.1, -0.05) is 47.1 Å². The van der Waals surface area contributed by atoms with Crippen molar-refractivity contribution in [2.75, 3.05) is 0 Å². The van der Waals surface area contributed by atoms with Crippen molar-refractivity contribution in [1.82, 2.24) is 0 Å². The SMILES string of the molecule is [C-]#[N+]C1C[C@]2(C)[C@H]3C(=O)C=C4[C@@H]5C[C@@](C)(C(=O)O)CC[C@]5(C)CC[C@@]4(C)[C@]3(C)CC[C@H]2C(C)(C)C1=O. The van der Waals surface area contributed by atoms with Crippen LogP contribution in [0.15, 0.2) is 11.6 Å². The first-order valence-corrected chi connectivity index (χ1v) is 13.9. The molecule has 0 aliphatic heterocycles. The fraction of sp³-hybridized carbons (Fsp3) is 0.806. The lowest BCUT2D eigenvalue weighted by Gasteiger charge is -2.69. The second-order valence-electron chi connectivity index (χ2n) is 15.0. The maximum Gasteiger partial charge on any atom is 0.309 e.